The van der Waals surface area contributed by atoms with E-state index in [4.69, 9.17) is 0 Å². The highest BCUT2D eigenvalue weighted by Gasteiger charge is 2.25. The molecule has 1 atom stereocenters. The van der Waals surface area contributed by atoms with Gasteiger partial charge in [-0.15, -0.1) is 0 Å². The molecule has 2 N–H and O–H groups in total. The number of amides is 3. The van der Waals surface area contributed by atoms with Crippen LogP contribution in [0.25, 0.3) is 22.3 Å². The summed E-state index contributed by atoms with van der Waals surface area (Å²) < 4.78 is 27.6. The van der Waals surface area contributed by atoms with Crippen LogP contribution in [-0.4, -0.2) is 82.8 Å². The Morgan fingerprint density at radius 3 is 2.55 bits per heavy atom. The number of benzene rings is 2. The normalized spacial score (nSPS) is 15.2. The van der Waals surface area contributed by atoms with Crippen molar-refractivity contribution in [1.29, 1.82) is 0 Å². The van der Waals surface area contributed by atoms with E-state index in [1.165, 1.54) is 22.6 Å². The molecule has 0 bridgehead atoms. The van der Waals surface area contributed by atoms with Crippen molar-refractivity contribution in [2.75, 3.05) is 44.4 Å². The molecule has 1 aliphatic heterocycles. The number of likely N-dealkylation sites (N-methyl/N-ethyl adjacent to an activating group) is 1. The van der Waals surface area contributed by atoms with E-state index in [0.29, 0.717) is 54.2 Å². The van der Waals surface area contributed by atoms with Crippen molar-refractivity contribution in [3.63, 3.8) is 0 Å². The van der Waals surface area contributed by atoms with Gasteiger partial charge in [0, 0.05) is 66.1 Å². The number of carbonyl (C=O) groups is 2. The van der Waals surface area contributed by atoms with E-state index in [9.17, 15) is 18.0 Å². The molecule has 1 fully saturated rings. The largest absolute Gasteiger partial charge is 0.324 e. The van der Waals surface area contributed by atoms with Gasteiger partial charge in [-0.05, 0) is 87.8 Å². The SMILES string of the molecule is CN(C)C/C=C/C(=O)Nc1cccc(NC(=O)N2CCCC(Cc3cc(-c4cnc5c(ccn5S(=O)(=O)c5ccccc5)c4)ncn3)C2)c1. The van der Waals surface area contributed by atoms with Crippen molar-refractivity contribution in [1.82, 2.24) is 28.7 Å². The maximum absolute atomic E-state index is 13.2. The molecular weight excluding hydrogens is 641 g/mol. The van der Waals surface area contributed by atoms with E-state index in [1.54, 1.807) is 72.9 Å². The fourth-order valence-electron chi connectivity index (χ4n) is 5.85. The fraction of sp³-hybridized carbons (Fsp3) is 0.250. The number of piperidine rings is 1. The van der Waals surface area contributed by atoms with E-state index < -0.39 is 10.0 Å². The molecule has 3 aromatic heterocycles. The molecule has 12 nitrogen and oxygen atoms in total. The Morgan fingerprint density at radius 2 is 1.76 bits per heavy atom. The zero-order chi connectivity index (χ0) is 34.4. The Hall–Kier alpha value is -5.40. The molecule has 49 heavy (non-hydrogen) atoms. The van der Waals surface area contributed by atoms with Crippen LogP contribution >= 0.6 is 0 Å². The number of nitrogens with one attached hydrogen (secondary N) is 2. The molecule has 252 valence electrons. The molecule has 5 aromatic rings. The van der Waals surface area contributed by atoms with Gasteiger partial charge in [0.05, 0.1) is 10.6 Å². The second kappa shape index (κ2) is 14.8. The first-order valence-corrected chi connectivity index (χ1v) is 17.5. The molecule has 0 spiro atoms. The molecule has 4 heterocycles. The van der Waals surface area contributed by atoms with Gasteiger partial charge in [0.1, 0.15) is 6.33 Å². The summed E-state index contributed by atoms with van der Waals surface area (Å²) in [6.07, 6.45) is 10.4. The van der Waals surface area contributed by atoms with Crippen LogP contribution in [0.1, 0.15) is 18.5 Å². The lowest BCUT2D eigenvalue weighted by atomic mass is 9.93. The van der Waals surface area contributed by atoms with Gasteiger partial charge in [-0.2, -0.15) is 0 Å². The Morgan fingerprint density at radius 1 is 0.959 bits per heavy atom. The molecule has 1 aliphatic rings. The molecule has 1 unspecified atom stereocenters. The van der Waals surface area contributed by atoms with Gasteiger partial charge in [-0.1, -0.05) is 30.3 Å². The maximum atomic E-state index is 13.2. The first-order chi connectivity index (χ1) is 23.7. The maximum Gasteiger partial charge on any atom is 0.321 e. The van der Waals surface area contributed by atoms with Crippen LogP contribution in [0.2, 0.25) is 0 Å². The van der Waals surface area contributed by atoms with Crippen LogP contribution in [-0.2, 0) is 21.2 Å². The number of hydrogen-bond acceptors (Lipinski definition) is 8. The minimum atomic E-state index is -3.79. The van der Waals surface area contributed by atoms with Crippen LogP contribution in [0.15, 0.2) is 109 Å². The van der Waals surface area contributed by atoms with Gasteiger partial charge in [-0.25, -0.2) is 32.1 Å². The number of hydrogen-bond donors (Lipinski definition) is 2. The van der Waals surface area contributed by atoms with Gasteiger partial charge in [-0.3, -0.25) is 4.79 Å². The van der Waals surface area contributed by atoms with Gasteiger partial charge in [0.25, 0.3) is 10.0 Å². The van der Waals surface area contributed by atoms with Crippen molar-refractivity contribution in [3.8, 4) is 11.3 Å². The number of pyridine rings is 1. The molecule has 0 saturated carbocycles. The minimum absolute atomic E-state index is 0.191. The number of anilines is 2. The molecule has 3 amide bonds. The van der Waals surface area contributed by atoms with E-state index >= 15 is 0 Å². The van der Waals surface area contributed by atoms with Gasteiger partial charge in [0.15, 0.2) is 5.65 Å². The van der Waals surface area contributed by atoms with Crippen LogP contribution in [0.5, 0.6) is 0 Å². The summed E-state index contributed by atoms with van der Waals surface area (Å²) in [5.41, 5.74) is 3.82. The zero-order valence-electron chi connectivity index (χ0n) is 27.4. The molecule has 6 rings (SSSR count). The first-order valence-electron chi connectivity index (χ1n) is 16.0. The van der Waals surface area contributed by atoms with Gasteiger partial charge >= 0.3 is 6.03 Å². The lowest BCUT2D eigenvalue weighted by Gasteiger charge is -2.32. The number of nitrogens with zero attached hydrogens (tertiary/aromatic N) is 6. The number of likely N-dealkylation sites (tertiary alicyclic amines) is 1. The highest BCUT2D eigenvalue weighted by Crippen LogP contribution is 2.27. The van der Waals surface area contributed by atoms with Crippen molar-refractivity contribution >= 4 is 44.4 Å². The third-order valence-corrected chi connectivity index (χ3v) is 9.92. The number of fused-ring (bicyclic) bond motifs is 1. The van der Waals surface area contributed by atoms with Crippen LogP contribution in [0.4, 0.5) is 16.2 Å². The minimum Gasteiger partial charge on any atom is -0.324 e. The lowest BCUT2D eigenvalue weighted by molar-refractivity contribution is -0.111. The molecular formula is C36H38N8O4S. The second-order valence-corrected chi connectivity index (χ2v) is 14.1. The van der Waals surface area contributed by atoms with Crippen molar-refractivity contribution < 1.29 is 18.0 Å². The smallest absolute Gasteiger partial charge is 0.321 e. The second-order valence-electron chi connectivity index (χ2n) is 12.3. The molecule has 13 heteroatoms. The monoisotopic (exact) mass is 678 g/mol. The lowest BCUT2D eigenvalue weighted by Crippen LogP contribution is -2.42. The highest BCUT2D eigenvalue weighted by atomic mass is 32.2. The molecule has 0 aliphatic carbocycles. The fourth-order valence-corrected chi connectivity index (χ4v) is 7.18. The Balaban J connectivity index is 1.08. The van der Waals surface area contributed by atoms with Crippen molar-refractivity contribution in [3.05, 3.63) is 109 Å². The van der Waals surface area contributed by atoms with E-state index in [2.05, 4.69) is 25.6 Å². The standard InChI is InChI=1S/C36H38N8O4S/c1-42(2)16-8-14-34(45)40-29-10-6-11-30(21-29)41-36(46)43-17-7-9-26(24-43)19-31-22-33(39-25-38-31)28-20-27-15-18-44(35(27)37-23-28)49(47,48)32-12-4-3-5-13-32/h3-6,8,10-15,18,20-23,25-26H,7,9,16-17,19,24H2,1-2H3,(H,40,45)(H,41,46)/b14-8+. The summed E-state index contributed by atoms with van der Waals surface area (Å²) in [5, 5.41) is 6.48. The van der Waals surface area contributed by atoms with Gasteiger partial charge in [0.2, 0.25) is 5.91 Å². The number of carbonyl (C=O) groups excluding carboxylic acids is 2. The third-order valence-electron chi connectivity index (χ3n) is 8.24. The third kappa shape index (κ3) is 8.19. The predicted octanol–water partition coefficient (Wildman–Crippen LogP) is 5.27. The molecule has 2 aromatic carbocycles. The number of aromatic nitrogens is 4. The van der Waals surface area contributed by atoms with Crippen molar-refractivity contribution in [2.45, 2.75) is 24.2 Å². The van der Waals surface area contributed by atoms with Gasteiger partial charge < -0.3 is 20.4 Å². The first kappa shape index (κ1) is 33.5. The summed E-state index contributed by atoms with van der Waals surface area (Å²) in [4.78, 5) is 42.9. The molecule has 1 saturated heterocycles. The van der Waals surface area contributed by atoms with E-state index in [1.807, 2.05) is 36.0 Å². The summed E-state index contributed by atoms with van der Waals surface area (Å²) in [5.74, 6) is -0.0260. The Kier molecular flexibility index (Phi) is 10.1. The topological polar surface area (TPSA) is 142 Å². The van der Waals surface area contributed by atoms with Crippen LogP contribution < -0.4 is 10.6 Å². The number of urea groups is 1. The molecule has 0 radical (unpaired) electrons. The zero-order valence-corrected chi connectivity index (χ0v) is 28.2. The summed E-state index contributed by atoms with van der Waals surface area (Å²) in [6.45, 7) is 1.89. The quantitative estimate of drug-likeness (QED) is 0.190. The van der Waals surface area contributed by atoms with Crippen LogP contribution in [0.3, 0.4) is 0 Å². The average molecular weight is 679 g/mol. The predicted molar refractivity (Wildman–Crippen MR) is 190 cm³/mol. The summed E-state index contributed by atoms with van der Waals surface area (Å²) in [7, 11) is 0.0703. The number of rotatable bonds is 10. The van der Waals surface area contributed by atoms with E-state index in [-0.39, 0.29) is 22.8 Å². The van der Waals surface area contributed by atoms with E-state index in [0.717, 1.165) is 24.1 Å². The highest BCUT2D eigenvalue weighted by molar-refractivity contribution is 7.90. The summed E-state index contributed by atoms with van der Waals surface area (Å²) >= 11 is 0. The van der Waals surface area contributed by atoms with Crippen LogP contribution in [0, 0.1) is 5.92 Å². The average Bonchev–Trinajstić information content (AvgIpc) is 3.53. The van der Waals surface area contributed by atoms with Crippen molar-refractivity contribution in [2.24, 2.45) is 5.92 Å². The Labute approximate surface area is 285 Å². The summed E-state index contributed by atoms with van der Waals surface area (Å²) in [6, 6.07) is 20.7. The Bertz CT molecular complexity index is 2100.